The number of thiocarbonyl (C=S) groups is 1. The largest absolute Gasteiger partial charge is 0.497 e. The van der Waals surface area contributed by atoms with Crippen LogP contribution in [0.2, 0.25) is 0 Å². The van der Waals surface area contributed by atoms with Crippen molar-refractivity contribution in [1.29, 1.82) is 0 Å². The first-order chi connectivity index (χ1) is 11.4. The number of rotatable bonds is 6. The maximum absolute atomic E-state index is 12.1. The molecule has 0 bridgehead atoms. The molecule has 0 unspecified atom stereocenters. The molecular weight excluding hydrogens is 346 g/mol. The van der Waals surface area contributed by atoms with Crippen molar-refractivity contribution in [1.82, 2.24) is 9.62 Å². The number of anilines is 1. The lowest BCUT2D eigenvalue weighted by Crippen LogP contribution is -2.47. The molecule has 2 N–H and O–H groups in total. The van der Waals surface area contributed by atoms with E-state index in [0.717, 1.165) is 24.3 Å². The first-order valence-electron chi connectivity index (χ1n) is 8.14. The summed E-state index contributed by atoms with van der Waals surface area (Å²) in [6.07, 6.45) is 2.16. The Morgan fingerprint density at radius 2 is 1.92 bits per heavy atom. The third-order valence-electron chi connectivity index (χ3n) is 3.99. The van der Waals surface area contributed by atoms with E-state index < -0.39 is 10.0 Å². The zero-order valence-electron chi connectivity index (χ0n) is 14.1. The summed E-state index contributed by atoms with van der Waals surface area (Å²) in [7, 11) is -1.47. The molecule has 0 spiro atoms. The molecule has 6 nitrogen and oxygen atoms in total. The molecule has 1 aliphatic heterocycles. The van der Waals surface area contributed by atoms with Gasteiger partial charge in [-0.1, -0.05) is 6.92 Å². The highest BCUT2D eigenvalue weighted by atomic mass is 32.2. The monoisotopic (exact) mass is 371 g/mol. The molecule has 0 amide bonds. The van der Waals surface area contributed by atoms with Crippen LogP contribution in [0.5, 0.6) is 5.75 Å². The maximum Gasteiger partial charge on any atom is 0.214 e. The maximum atomic E-state index is 12.1. The van der Waals surface area contributed by atoms with E-state index in [9.17, 15) is 8.42 Å². The molecule has 0 atom stereocenters. The Kier molecular flexibility index (Phi) is 6.82. The van der Waals surface area contributed by atoms with Gasteiger partial charge in [0.25, 0.3) is 0 Å². The summed E-state index contributed by atoms with van der Waals surface area (Å²) in [5.74, 6) is 1.02. The van der Waals surface area contributed by atoms with Crippen LogP contribution in [0.4, 0.5) is 5.69 Å². The van der Waals surface area contributed by atoms with E-state index in [0.29, 0.717) is 24.6 Å². The fraction of sp³-hybridized carbons (Fsp3) is 0.562. The average Bonchev–Trinajstić information content (AvgIpc) is 2.56. The standard InChI is InChI=1S/C16H25N3O3S2/c1-3-12-24(20,21)19-10-8-14(9-11-19)18-16(23)17-13-4-6-15(22-2)7-5-13/h4-7,14H,3,8-12H2,1-2H3,(H2,17,18,23). The third-order valence-corrected chi connectivity index (χ3v) is 6.29. The van der Waals surface area contributed by atoms with Crippen molar-refractivity contribution in [2.24, 2.45) is 0 Å². The van der Waals surface area contributed by atoms with Crippen molar-refractivity contribution in [3.63, 3.8) is 0 Å². The minimum Gasteiger partial charge on any atom is -0.497 e. The molecule has 1 saturated heterocycles. The Morgan fingerprint density at radius 1 is 1.29 bits per heavy atom. The highest BCUT2D eigenvalue weighted by Gasteiger charge is 2.27. The summed E-state index contributed by atoms with van der Waals surface area (Å²) >= 11 is 5.34. The van der Waals surface area contributed by atoms with Gasteiger partial charge in [-0.05, 0) is 55.7 Å². The van der Waals surface area contributed by atoms with Crippen LogP contribution in [0.15, 0.2) is 24.3 Å². The number of benzene rings is 1. The molecule has 1 fully saturated rings. The molecule has 0 aliphatic carbocycles. The number of nitrogens with zero attached hydrogens (tertiary/aromatic N) is 1. The van der Waals surface area contributed by atoms with Gasteiger partial charge in [-0.15, -0.1) is 0 Å². The number of methoxy groups -OCH3 is 1. The average molecular weight is 372 g/mol. The lowest BCUT2D eigenvalue weighted by Gasteiger charge is -2.32. The van der Waals surface area contributed by atoms with Gasteiger partial charge < -0.3 is 15.4 Å². The molecule has 2 rings (SSSR count). The number of piperidine rings is 1. The molecule has 1 aromatic carbocycles. The topological polar surface area (TPSA) is 70.7 Å². The van der Waals surface area contributed by atoms with E-state index >= 15 is 0 Å². The number of hydrogen-bond donors (Lipinski definition) is 2. The Balaban J connectivity index is 1.79. The SMILES string of the molecule is CCCS(=O)(=O)N1CCC(NC(=S)Nc2ccc(OC)cc2)CC1. The van der Waals surface area contributed by atoms with E-state index in [2.05, 4.69) is 10.6 Å². The van der Waals surface area contributed by atoms with Crippen LogP contribution in [0, 0.1) is 0 Å². The van der Waals surface area contributed by atoms with Gasteiger partial charge >= 0.3 is 0 Å². The van der Waals surface area contributed by atoms with Crippen LogP contribution in [0.3, 0.4) is 0 Å². The van der Waals surface area contributed by atoms with E-state index in [1.54, 1.807) is 11.4 Å². The predicted molar refractivity (Wildman–Crippen MR) is 101 cm³/mol. The van der Waals surface area contributed by atoms with Crippen LogP contribution < -0.4 is 15.4 Å². The lowest BCUT2D eigenvalue weighted by atomic mass is 10.1. The van der Waals surface area contributed by atoms with Gasteiger partial charge in [0.05, 0.1) is 12.9 Å². The van der Waals surface area contributed by atoms with Gasteiger partial charge in [-0.2, -0.15) is 0 Å². The molecule has 1 heterocycles. The molecule has 1 aromatic rings. The molecule has 0 aromatic heterocycles. The van der Waals surface area contributed by atoms with E-state index in [1.807, 2.05) is 31.2 Å². The lowest BCUT2D eigenvalue weighted by molar-refractivity contribution is 0.308. The number of sulfonamides is 1. The molecular formula is C16H25N3O3S2. The van der Waals surface area contributed by atoms with Crippen LogP contribution in [0.25, 0.3) is 0 Å². The summed E-state index contributed by atoms with van der Waals surface area (Å²) in [4.78, 5) is 0. The van der Waals surface area contributed by atoms with E-state index in [1.165, 1.54) is 0 Å². The highest BCUT2D eigenvalue weighted by molar-refractivity contribution is 7.89. The smallest absolute Gasteiger partial charge is 0.214 e. The van der Waals surface area contributed by atoms with Crippen molar-refractivity contribution in [2.75, 3.05) is 31.3 Å². The van der Waals surface area contributed by atoms with Gasteiger partial charge in [-0.3, -0.25) is 0 Å². The molecule has 24 heavy (non-hydrogen) atoms. The van der Waals surface area contributed by atoms with Gasteiger partial charge in [0.15, 0.2) is 5.11 Å². The van der Waals surface area contributed by atoms with Crippen molar-refractivity contribution in [3.8, 4) is 5.75 Å². The van der Waals surface area contributed by atoms with Crippen molar-refractivity contribution < 1.29 is 13.2 Å². The van der Waals surface area contributed by atoms with Crippen LogP contribution in [0.1, 0.15) is 26.2 Å². The molecule has 0 saturated carbocycles. The summed E-state index contributed by atoms with van der Waals surface area (Å²) in [6.45, 7) is 2.98. The van der Waals surface area contributed by atoms with Crippen LogP contribution in [-0.2, 0) is 10.0 Å². The van der Waals surface area contributed by atoms with Crippen molar-refractivity contribution >= 4 is 33.0 Å². The normalized spacial score (nSPS) is 16.6. The van der Waals surface area contributed by atoms with Crippen molar-refractivity contribution in [2.45, 2.75) is 32.2 Å². The number of hydrogen-bond acceptors (Lipinski definition) is 4. The Bertz CT molecular complexity index is 639. The van der Waals surface area contributed by atoms with E-state index in [-0.39, 0.29) is 11.8 Å². The Labute approximate surface area is 149 Å². The number of nitrogens with one attached hydrogen (secondary N) is 2. The second kappa shape index (κ2) is 8.64. The highest BCUT2D eigenvalue weighted by Crippen LogP contribution is 2.17. The third kappa shape index (κ3) is 5.32. The minimum atomic E-state index is -3.10. The summed E-state index contributed by atoms with van der Waals surface area (Å²) in [5, 5.41) is 6.95. The van der Waals surface area contributed by atoms with Gasteiger partial charge in [0.2, 0.25) is 10.0 Å². The fourth-order valence-electron chi connectivity index (χ4n) is 2.69. The first kappa shape index (κ1) is 19.0. The Morgan fingerprint density at radius 3 is 2.46 bits per heavy atom. The summed E-state index contributed by atoms with van der Waals surface area (Å²) in [5.41, 5.74) is 0.885. The molecule has 1 aliphatic rings. The van der Waals surface area contributed by atoms with Gasteiger partial charge in [-0.25, -0.2) is 12.7 Å². The van der Waals surface area contributed by atoms with E-state index in [4.69, 9.17) is 17.0 Å². The second-order valence-corrected chi connectivity index (χ2v) is 8.31. The second-order valence-electron chi connectivity index (χ2n) is 5.82. The first-order valence-corrected chi connectivity index (χ1v) is 10.2. The van der Waals surface area contributed by atoms with Crippen molar-refractivity contribution in [3.05, 3.63) is 24.3 Å². The summed E-state index contributed by atoms with van der Waals surface area (Å²) in [6, 6.07) is 7.71. The summed E-state index contributed by atoms with van der Waals surface area (Å²) < 4.78 is 30.8. The molecule has 134 valence electrons. The fourth-order valence-corrected chi connectivity index (χ4v) is 4.52. The molecule has 8 heteroatoms. The zero-order valence-corrected chi connectivity index (χ0v) is 15.8. The zero-order chi connectivity index (χ0) is 17.6. The minimum absolute atomic E-state index is 0.191. The van der Waals surface area contributed by atoms with Gasteiger partial charge in [0, 0.05) is 24.8 Å². The van der Waals surface area contributed by atoms with Gasteiger partial charge in [0.1, 0.15) is 5.75 Å². The quantitative estimate of drug-likeness (QED) is 0.747. The molecule has 0 radical (unpaired) electrons. The predicted octanol–water partition coefficient (Wildman–Crippen LogP) is 2.19. The number of ether oxygens (including phenoxy) is 1. The van der Waals surface area contributed by atoms with Crippen LogP contribution >= 0.6 is 12.2 Å². The Hall–Kier alpha value is -1.38. The van der Waals surface area contributed by atoms with Crippen LogP contribution in [-0.4, -0.2) is 49.8 Å².